The van der Waals surface area contributed by atoms with E-state index in [9.17, 15) is 14.7 Å². The van der Waals surface area contributed by atoms with E-state index in [1.165, 1.54) is 11.3 Å². The number of carbonyl (C=O) groups is 2. The molecule has 1 aliphatic heterocycles. The lowest BCUT2D eigenvalue weighted by atomic mass is 9.76. The van der Waals surface area contributed by atoms with Gasteiger partial charge in [0.25, 0.3) is 5.91 Å². The molecule has 1 N–H and O–H groups in total. The first-order chi connectivity index (χ1) is 11.9. The highest BCUT2D eigenvalue weighted by atomic mass is 32.1. The summed E-state index contributed by atoms with van der Waals surface area (Å²) in [5, 5.41) is 12.3. The van der Waals surface area contributed by atoms with Gasteiger partial charge >= 0.3 is 5.97 Å². The largest absolute Gasteiger partial charge is 0.481 e. The molecular weight excluding hydrogens is 336 g/mol. The van der Waals surface area contributed by atoms with E-state index in [-0.39, 0.29) is 18.4 Å². The van der Waals surface area contributed by atoms with Crippen molar-refractivity contribution in [1.29, 1.82) is 0 Å². The predicted octanol–water partition coefficient (Wildman–Crippen LogP) is 3.31. The van der Waals surface area contributed by atoms with Crippen LogP contribution >= 0.6 is 11.3 Å². The summed E-state index contributed by atoms with van der Waals surface area (Å²) in [6, 6.07) is 10.0. The summed E-state index contributed by atoms with van der Waals surface area (Å²) >= 11 is 1.47. The van der Waals surface area contributed by atoms with Gasteiger partial charge in [0, 0.05) is 24.9 Å². The third kappa shape index (κ3) is 3.44. The van der Waals surface area contributed by atoms with Gasteiger partial charge in [0.1, 0.15) is 5.69 Å². The lowest BCUT2D eigenvalue weighted by Crippen LogP contribution is -2.40. The molecule has 2 heterocycles. The van der Waals surface area contributed by atoms with E-state index in [2.05, 4.69) is 4.98 Å². The predicted molar refractivity (Wildman–Crippen MR) is 96.8 cm³/mol. The number of nitrogens with zero attached hydrogens (tertiary/aromatic N) is 2. The molecule has 25 heavy (non-hydrogen) atoms. The average Bonchev–Trinajstić information content (AvgIpc) is 3.23. The first kappa shape index (κ1) is 17.6. The Balaban J connectivity index is 1.71. The van der Waals surface area contributed by atoms with Gasteiger partial charge < -0.3 is 10.0 Å². The molecule has 1 aliphatic rings. The van der Waals surface area contributed by atoms with Crippen LogP contribution in [0.5, 0.6) is 0 Å². The summed E-state index contributed by atoms with van der Waals surface area (Å²) in [4.78, 5) is 30.6. The lowest BCUT2D eigenvalue weighted by molar-refractivity contribution is -0.150. The highest BCUT2D eigenvalue weighted by Crippen LogP contribution is 2.38. The van der Waals surface area contributed by atoms with Gasteiger partial charge in [0.2, 0.25) is 0 Å². The second-order valence-corrected chi connectivity index (χ2v) is 7.82. The van der Waals surface area contributed by atoms with Crippen molar-refractivity contribution in [3.05, 3.63) is 52.0 Å². The SMILES string of the molecule is CC(C)C1(C(=O)O)CCN(C(=O)c2csc(Cc3ccccc3)n2)C1. The molecule has 0 aliphatic carbocycles. The number of carbonyl (C=O) groups excluding carboxylic acids is 1. The van der Waals surface area contributed by atoms with Crippen LogP contribution < -0.4 is 0 Å². The van der Waals surface area contributed by atoms with Crippen molar-refractivity contribution in [2.24, 2.45) is 11.3 Å². The zero-order valence-electron chi connectivity index (χ0n) is 14.4. The highest BCUT2D eigenvalue weighted by molar-refractivity contribution is 7.09. The number of amides is 1. The van der Waals surface area contributed by atoms with Crippen LogP contribution in [0.2, 0.25) is 0 Å². The molecule has 0 spiro atoms. The summed E-state index contributed by atoms with van der Waals surface area (Å²) in [6.45, 7) is 4.53. The fraction of sp³-hybridized carbons (Fsp3) is 0.421. The Labute approximate surface area is 151 Å². The fourth-order valence-corrected chi connectivity index (χ4v) is 4.12. The topological polar surface area (TPSA) is 70.5 Å². The Bertz CT molecular complexity index is 772. The van der Waals surface area contributed by atoms with Crippen LogP contribution in [0.4, 0.5) is 0 Å². The molecule has 1 aromatic carbocycles. The van der Waals surface area contributed by atoms with Crippen molar-refractivity contribution in [3.63, 3.8) is 0 Å². The number of hydrogen-bond donors (Lipinski definition) is 1. The molecular formula is C19H22N2O3S. The van der Waals surface area contributed by atoms with Crippen molar-refractivity contribution in [2.75, 3.05) is 13.1 Å². The van der Waals surface area contributed by atoms with Crippen LogP contribution in [-0.2, 0) is 11.2 Å². The third-order valence-electron chi connectivity index (χ3n) is 5.09. The number of carboxylic acid groups (broad SMARTS) is 1. The van der Waals surface area contributed by atoms with E-state index >= 15 is 0 Å². The van der Waals surface area contributed by atoms with Crippen LogP contribution in [0.3, 0.4) is 0 Å². The number of benzene rings is 1. The van der Waals surface area contributed by atoms with E-state index in [1.54, 1.807) is 10.3 Å². The Morgan fingerprint density at radius 2 is 2.04 bits per heavy atom. The minimum absolute atomic E-state index is 0.0214. The molecule has 0 bridgehead atoms. The first-order valence-electron chi connectivity index (χ1n) is 8.43. The van der Waals surface area contributed by atoms with Crippen LogP contribution in [0.15, 0.2) is 35.7 Å². The number of thiazole rings is 1. The van der Waals surface area contributed by atoms with Crippen LogP contribution in [0.1, 0.15) is 41.3 Å². The molecule has 3 rings (SSSR count). The van der Waals surface area contributed by atoms with Crippen molar-refractivity contribution in [3.8, 4) is 0 Å². The van der Waals surface area contributed by atoms with Crippen molar-refractivity contribution in [2.45, 2.75) is 26.7 Å². The maximum Gasteiger partial charge on any atom is 0.311 e. The molecule has 6 heteroatoms. The van der Waals surface area contributed by atoms with Crippen LogP contribution in [0.25, 0.3) is 0 Å². The molecule has 1 atom stereocenters. The zero-order chi connectivity index (χ0) is 18.0. The lowest BCUT2D eigenvalue weighted by Gasteiger charge is -2.28. The Hall–Kier alpha value is -2.21. The minimum atomic E-state index is -0.849. The standard InChI is InChI=1S/C19H22N2O3S/c1-13(2)19(18(23)24)8-9-21(12-19)17(22)15-11-25-16(20-15)10-14-6-4-3-5-7-14/h3-7,11,13H,8-10,12H2,1-2H3,(H,23,24). The Morgan fingerprint density at radius 1 is 1.32 bits per heavy atom. The Morgan fingerprint density at radius 3 is 2.64 bits per heavy atom. The Kier molecular flexibility index (Phi) is 4.90. The van der Waals surface area contributed by atoms with Gasteiger partial charge in [0.05, 0.1) is 10.4 Å². The first-order valence-corrected chi connectivity index (χ1v) is 9.31. The molecule has 132 valence electrons. The summed E-state index contributed by atoms with van der Waals surface area (Å²) < 4.78 is 0. The smallest absolute Gasteiger partial charge is 0.311 e. The number of aromatic nitrogens is 1. The molecule has 1 aromatic heterocycles. The van der Waals surface area contributed by atoms with E-state index in [1.807, 2.05) is 44.2 Å². The molecule has 1 saturated heterocycles. The number of aliphatic carboxylic acids is 1. The fourth-order valence-electron chi connectivity index (χ4n) is 3.32. The molecule has 0 saturated carbocycles. The number of hydrogen-bond acceptors (Lipinski definition) is 4. The normalized spacial score (nSPS) is 20.2. The maximum atomic E-state index is 12.7. The summed E-state index contributed by atoms with van der Waals surface area (Å²) in [7, 11) is 0. The number of carboxylic acids is 1. The maximum absolute atomic E-state index is 12.7. The summed E-state index contributed by atoms with van der Waals surface area (Å²) in [6.07, 6.45) is 1.19. The molecule has 1 amide bonds. The third-order valence-corrected chi connectivity index (χ3v) is 5.94. The van der Waals surface area contributed by atoms with Crippen LogP contribution in [0, 0.1) is 11.3 Å². The van der Waals surface area contributed by atoms with Gasteiger partial charge in [-0.3, -0.25) is 9.59 Å². The van der Waals surface area contributed by atoms with Gasteiger partial charge in [-0.1, -0.05) is 44.2 Å². The second kappa shape index (κ2) is 6.96. The number of rotatable bonds is 5. The minimum Gasteiger partial charge on any atom is -0.481 e. The molecule has 1 unspecified atom stereocenters. The average molecular weight is 358 g/mol. The highest BCUT2D eigenvalue weighted by Gasteiger charge is 2.48. The van der Waals surface area contributed by atoms with Gasteiger partial charge in [-0.05, 0) is 17.9 Å². The second-order valence-electron chi connectivity index (χ2n) is 6.88. The van der Waals surface area contributed by atoms with Gasteiger partial charge in [0.15, 0.2) is 0 Å². The zero-order valence-corrected chi connectivity index (χ0v) is 15.3. The van der Waals surface area contributed by atoms with Crippen LogP contribution in [-0.4, -0.2) is 40.0 Å². The van der Waals surface area contributed by atoms with Gasteiger partial charge in [-0.2, -0.15) is 0 Å². The number of likely N-dealkylation sites (tertiary alicyclic amines) is 1. The van der Waals surface area contributed by atoms with E-state index < -0.39 is 11.4 Å². The van der Waals surface area contributed by atoms with Gasteiger partial charge in [-0.25, -0.2) is 4.98 Å². The van der Waals surface area contributed by atoms with Crippen molar-refractivity contribution >= 4 is 23.2 Å². The summed E-state index contributed by atoms with van der Waals surface area (Å²) in [5.41, 5.74) is 0.723. The van der Waals surface area contributed by atoms with E-state index in [4.69, 9.17) is 0 Å². The monoisotopic (exact) mass is 358 g/mol. The van der Waals surface area contributed by atoms with Crippen molar-refractivity contribution < 1.29 is 14.7 Å². The molecule has 0 radical (unpaired) electrons. The molecule has 2 aromatic rings. The van der Waals surface area contributed by atoms with E-state index in [0.717, 1.165) is 10.6 Å². The summed E-state index contributed by atoms with van der Waals surface area (Å²) in [5.74, 6) is -1.01. The molecule has 5 nitrogen and oxygen atoms in total. The van der Waals surface area contributed by atoms with Crippen molar-refractivity contribution in [1.82, 2.24) is 9.88 Å². The van der Waals surface area contributed by atoms with E-state index in [0.29, 0.717) is 25.1 Å². The molecule has 1 fully saturated rings. The van der Waals surface area contributed by atoms with Gasteiger partial charge in [-0.15, -0.1) is 11.3 Å². The quantitative estimate of drug-likeness (QED) is 0.890.